The van der Waals surface area contributed by atoms with Crippen LogP contribution in [0.15, 0.2) is 51.5 Å². The van der Waals surface area contributed by atoms with Crippen LogP contribution in [0.5, 0.6) is 0 Å². The number of nitrogens with zero attached hydrogens (tertiary/aromatic N) is 1. The maximum Gasteiger partial charge on any atom is 0.308 e. The lowest BCUT2D eigenvalue weighted by Crippen LogP contribution is -2.48. The SMILES string of the molecule is O=C1NN(C(=O)c2ccco2)Cc2c1oc1ccccc21. The second-order valence-electron chi connectivity index (χ2n) is 4.72. The van der Waals surface area contributed by atoms with E-state index in [1.165, 1.54) is 11.3 Å². The third-order valence-corrected chi connectivity index (χ3v) is 3.43. The summed E-state index contributed by atoms with van der Waals surface area (Å²) in [7, 11) is 0. The summed E-state index contributed by atoms with van der Waals surface area (Å²) in [5.41, 5.74) is 3.85. The van der Waals surface area contributed by atoms with Gasteiger partial charge in [-0.3, -0.25) is 15.0 Å². The lowest BCUT2D eigenvalue weighted by molar-refractivity contribution is 0.0501. The summed E-state index contributed by atoms with van der Waals surface area (Å²) in [5, 5.41) is 2.06. The Hall–Kier alpha value is -3.02. The predicted molar refractivity (Wildman–Crippen MR) is 72.3 cm³/mol. The lowest BCUT2D eigenvalue weighted by Gasteiger charge is -2.25. The molecule has 3 aromatic rings. The Morgan fingerprint density at radius 2 is 2.05 bits per heavy atom. The van der Waals surface area contributed by atoms with Crippen LogP contribution in [0, 0.1) is 0 Å². The van der Waals surface area contributed by atoms with Crippen LogP contribution in [-0.4, -0.2) is 16.8 Å². The molecule has 3 heterocycles. The van der Waals surface area contributed by atoms with Gasteiger partial charge in [0, 0.05) is 10.9 Å². The highest BCUT2D eigenvalue weighted by molar-refractivity contribution is 6.02. The molecule has 0 atom stereocenters. The van der Waals surface area contributed by atoms with Crippen LogP contribution in [0.4, 0.5) is 0 Å². The molecular formula is C15H10N2O4. The van der Waals surface area contributed by atoms with Crippen molar-refractivity contribution in [2.75, 3.05) is 0 Å². The summed E-state index contributed by atoms with van der Waals surface area (Å²) >= 11 is 0. The lowest BCUT2D eigenvalue weighted by atomic mass is 10.1. The number of benzene rings is 1. The zero-order valence-corrected chi connectivity index (χ0v) is 10.8. The molecule has 1 aromatic carbocycles. The molecule has 6 heteroatoms. The molecule has 2 aromatic heterocycles. The molecule has 104 valence electrons. The molecule has 1 N–H and O–H groups in total. The molecule has 1 aliphatic heterocycles. The highest BCUT2D eigenvalue weighted by Gasteiger charge is 2.32. The minimum absolute atomic E-state index is 0.173. The average molecular weight is 282 g/mol. The van der Waals surface area contributed by atoms with Gasteiger partial charge in [0.1, 0.15) is 5.58 Å². The van der Waals surface area contributed by atoms with Gasteiger partial charge in [-0.05, 0) is 18.2 Å². The van der Waals surface area contributed by atoms with Crippen LogP contribution in [-0.2, 0) is 6.54 Å². The van der Waals surface area contributed by atoms with Crippen LogP contribution < -0.4 is 5.43 Å². The van der Waals surface area contributed by atoms with E-state index in [-0.39, 0.29) is 18.1 Å². The minimum atomic E-state index is -0.438. The molecule has 0 fully saturated rings. The van der Waals surface area contributed by atoms with E-state index in [4.69, 9.17) is 8.83 Å². The molecule has 1 aliphatic rings. The molecule has 6 nitrogen and oxygen atoms in total. The van der Waals surface area contributed by atoms with E-state index in [0.29, 0.717) is 11.1 Å². The van der Waals surface area contributed by atoms with Crippen molar-refractivity contribution in [3.63, 3.8) is 0 Å². The molecular weight excluding hydrogens is 272 g/mol. The number of carbonyl (C=O) groups excluding carboxylic acids is 2. The van der Waals surface area contributed by atoms with Crippen molar-refractivity contribution in [3.05, 3.63) is 59.7 Å². The van der Waals surface area contributed by atoms with Crippen LogP contribution in [0.25, 0.3) is 11.0 Å². The zero-order chi connectivity index (χ0) is 14.4. The molecule has 0 spiro atoms. The van der Waals surface area contributed by atoms with Crippen LogP contribution >= 0.6 is 0 Å². The molecule has 0 aliphatic carbocycles. The maximum absolute atomic E-state index is 12.3. The first-order chi connectivity index (χ1) is 10.2. The van der Waals surface area contributed by atoms with Crippen molar-refractivity contribution in [2.24, 2.45) is 0 Å². The number of para-hydroxylation sites is 1. The Kier molecular flexibility index (Phi) is 2.38. The first kappa shape index (κ1) is 11.8. The third-order valence-electron chi connectivity index (χ3n) is 3.43. The normalized spacial score (nSPS) is 14.1. The van der Waals surface area contributed by atoms with E-state index < -0.39 is 11.8 Å². The standard InChI is InChI=1S/C15H10N2O4/c18-14-13-10(9-4-1-2-5-11(9)21-13)8-17(16-14)15(19)12-6-3-7-20-12/h1-7H,8H2,(H,16,18). The molecule has 0 saturated carbocycles. The van der Waals surface area contributed by atoms with Gasteiger partial charge in [0.25, 0.3) is 0 Å². The number of furan rings is 2. The average Bonchev–Trinajstić information content (AvgIpc) is 3.14. The minimum Gasteiger partial charge on any atom is -0.459 e. The topological polar surface area (TPSA) is 75.7 Å². The second-order valence-corrected chi connectivity index (χ2v) is 4.72. The van der Waals surface area contributed by atoms with Gasteiger partial charge in [-0.15, -0.1) is 0 Å². The fourth-order valence-corrected chi connectivity index (χ4v) is 2.47. The fraction of sp³-hybridized carbons (Fsp3) is 0.0667. The smallest absolute Gasteiger partial charge is 0.308 e. The number of nitrogens with one attached hydrogen (secondary N) is 1. The zero-order valence-electron chi connectivity index (χ0n) is 10.8. The van der Waals surface area contributed by atoms with Gasteiger partial charge in [-0.1, -0.05) is 18.2 Å². The second kappa shape index (κ2) is 4.24. The van der Waals surface area contributed by atoms with Crippen molar-refractivity contribution < 1.29 is 18.4 Å². The molecule has 4 rings (SSSR count). The number of rotatable bonds is 1. The predicted octanol–water partition coefficient (Wildman–Crippen LogP) is 2.33. The highest BCUT2D eigenvalue weighted by atomic mass is 16.4. The number of hydrogen-bond donors (Lipinski definition) is 1. The van der Waals surface area contributed by atoms with E-state index >= 15 is 0 Å². The van der Waals surface area contributed by atoms with E-state index in [0.717, 1.165) is 5.39 Å². The summed E-state index contributed by atoms with van der Waals surface area (Å²) in [5.74, 6) is -0.414. The highest BCUT2D eigenvalue weighted by Crippen LogP contribution is 2.29. The molecule has 0 bridgehead atoms. The Morgan fingerprint density at radius 1 is 1.19 bits per heavy atom. The molecule has 0 unspecified atom stereocenters. The van der Waals surface area contributed by atoms with Crippen LogP contribution in [0.3, 0.4) is 0 Å². The van der Waals surface area contributed by atoms with Gasteiger partial charge in [0.2, 0.25) is 0 Å². The van der Waals surface area contributed by atoms with Gasteiger partial charge in [-0.25, -0.2) is 5.01 Å². The summed E-state index contributed by atoms with van der Waals surface area (Å²) in [6.45, 7) is 0.234. The molecule has 0 radical (unpaired) electrons. The van der Waals surface area contributed by atoms with E-state index in [1.807, 2.05) is 18.2 Å². The number of amides is 2. The Balaban J connectivity index is 1.77. The van der Waals surface area contributed by atoms with E-state index in [9.17, 15) is 9.59 Å². The first-order valence-corrected chi connectivity index (χ1v) is 6.41. The van der Waals surface area contributed by atoms with Gasteiger partial charge in [0.15, 0.2) is 11.5 Å². The van der Waals surface area contributed by atoms with Gasteiger partial charge in [-0.2, -0.15) is 0 Å². The quantitative estimate of drug-likeness (QED) is 0.743. The number of hydrogen-bond acceptors (Lipinski definition) is 4. The summed E-state index contributed by atoms with van der Waals surface area (Å²) in [6.07, 6.45) is 1.41. The van der Waals surface area contributed by atoms with Crippen LogP contribution in [0.1, 0.15) is 26.7 Å². The van der Waals surface area contributed by atoms with E-state index in [2.05, 4.69) is 5.43 Å². The summed E-state index contributed by atoms with van der Waals surface area (Å²) in [4.78, 5) is 24.4. The number of hydrazine groups is 1. The largest absolute Gasteiger partial charge is 0.459 e. The van der Waals surface area contributed by atoms with Crippen molar-refractivity contribution in [2.45, 2.75) is 6.54 Å². The van der Waals surface area contributed by atoms with Crippen molar-refractivity contribution in [1.29, 1.82) is 0 Å². The molecule has 21 heavy (non-hydrogen) atoms. The first-order valence-electron chi connectivity index (χ1n) is 6.41. The van der Waals surface area contributed by atoms with E-state index in [1.54, 1.807) is 18.2 Å². The van der Waals surface area contributed by atoms with Crippen molar-refractivity contribution in [1.82, 2.24) is 10.4 Å². The van der Waals surface area contributed by atoms with Crippen LogP contribution in [0.2, 0.25) is 0 Å². The Labute approximate surface area is 118 Å². The van der Waals surface area contributed by atoms with Gasteiger partial charge < -0.3 is 8.83 Å². The maximum atomic E-state index is 12.3. The van der Waals surface area contributed by atoms with Gasteiger partial charge >= 0.3 is 11.8 Å². The van der Waals surface area contributed by atoms with Gasteiger partial charge in [0.05, 0.1) is 12.8 Å². The number of carbonyl (C=O) groups is 2. The Morgan fingerprint density at radius 3 is 2.86 bits per heavy atom. The molecule has 2 amide bonds. The third kappa shape index (κ3) is 1.73. The summed E-state index contributed by atoms with van der Waals surface area (Å²) < 4.78 is 10.6. The molecule has 0 saturated heterocycles. The van der Waals surface area contributed by atoms with Crippen molar-refractivity contribution >= 4 is 22.8 Å². The fourth-order valence-electron chi connectivity index (χ4n) is 2.47. The number of fused-ring (bicyclic) bond motifs is 3. The van der Waals surface area contributed by atoms with Crippen molar-refractivity contribution in [3.8, 4) is 0 Å². The summed E-state index contributed by atoms with van der Waals surface area (Å²) in [6, 6.07) is 10.5. The Bertz CT molecular complexity index is 848. The monoisotopic (exact) mass is 282 g/mol.